The molecule has 0 saturated carbocycles. The minimum atomic E-state index is -2.31. The van der Waals surface area contributed by atoms with Crippen LogP contribution in [0.15, 0.2) is 0 Å². The van der Waals surface area contributed by atoms with Crippen LogP contribution >= 0.6 is 0 Å². The van der Waals surface area contributed by atoms with Crippen molar-refractivity contribution in [3.63, 3.8) is 0 Å². The number of likely N-dealkylation sites (N-methyl/N-ethyl adjacent to an activating group) is 1. The van der Waals surface area contributed by atoms with Gasteiger partial charge in [-0.3, -0.25) is 9.59 Å². The molecule has 0 aliphatic heterocycles. The quantitative estimate of drug-likeness (QED) is 0.248. The molecular formula is C22H35F5N2O5. The molecular weight excluding hydrogens is 467 g/mol. The highest BCUT2D eigenvalue weighted by Crippen LogP contribution is 2.28. The van der Waals surface area contributed by atoms with Crippen LogP contribution in [0.1, 0.15) is 62.3 Å². The molecule has 1 aromatic rings. The Labute approximate surface area is 197 Å². The summed E-state index contributed by atoms with van der Waals surface area (Å²) in [6, 6.07) is 0. The van der Waals surface area contributed by atoms with Gasteiger partial charge < -0.3 is 20.1 Å². The predicted octanol–water partition coefficient (Wildman–Crippen LogP) is 5.25. The first-order chi connectivity index (χ1) is 15.6. The monoisotopic (exact) mass is 502 g/mol. The van der Waals surface area contributed by atoms with E-state index in [-0.39, 0.29) is 12.5 Å². The van der Waals surface area contributed by atoms with Crippen molar-refractivity contribution in [2.75, 3.05) is 13.1 Å². The van der Waals surface area contributed by atoms with E-state index in [4.69, 9.17) is 4.74 Å². The maximum atomic E-state index is 12.6. The van der Waals surface area contributed by atoms with Crippen molar-refractivity contribution >= 4 is 18.5 Å². The maximum Gasteiger partial charge on any atom is 0.408 e. The number of hydrogen-bond acceptors (Lipinski definition) is 5. The molecule has 0 bridgehead atoms. The number of hydrogen-bond donors (Lipinski definition) is 2. The summed E-state index contributed by atoms with van der Waals surface area (Å²) in [4.78, 5) is 31.7. The highest BCUT2D eigenvalue weighted by atomic mass is 19.2. The van der Waals surface area contributed by atoms with E-state index in [1.165, 1.54) is 0 Å². The fourth-order valence-corrected chi connectivity index (χ4v) is 1.46. The van der Waals surface area contributed by atoms with Crippen LogP contribution in [-0.2, 0) is 14.3 Å². The largest absolute Gasteiger partial charge is 0.444 e. The van der Waals surface area contributed by atoms with Crippen molar-refractivity contribution in [1.82, 2.24) is 10.6 Å². The van der Waals surface area contributed by atoms with Gasteiger partial charge in [0.15, 0.2) is 0 Å². The van der Waals surface area contributed by atoms with Crippen molar-refractivity contribution in [3.8, 4) is 5.75 Å². The SMILES string of the molecule is CC.CC(C)C.CCNC(=O)CNC(=O)OC(C)(C)C.O=COc1c(F)c(F)c(F)c(F)c1F. The molecule has 0 aromatic heterocycles. The van der Waals surface area contributed by atoms with Crippen molar-refractivity contribution in [2.24, 2.45) is 5.92 Å². The lowest BCUT2D eigenvalue weighted by Crippen LogP contribution is -2.39. The van der Waals surface area contributed by atoms with Gasteiger partial charge in [0.2, 0.25) is 40.7 Å². The van der Waals surface area contributed by atoms with E-state index >= 15 is 0 Å². The van der Waals surface area contributed by atoms with Gasteiger partial charge in [-0.15, -0.1) is 0 Å². The average molecular weight is 503 g/mol. The van der Waals surface area contributed by atoms with Gasteiger partial charge in [0, 0.05) is 6.54 Å². The fraction of sp³-hybridized carbons (Fsp3) is 0.591. The summed E-state index contributed by atoms with van der Waals surface area (Å²) in [5, 5.41) is 4.91. The Hall–Kier alpha value is -2.92. The third-order valence-electron chi connectivity index (χ3n) is 2.50. The van der Waals surface area contributed by atoms with Crippen LogP contribution in [0.3, 0.4) is 0 Å². The van der Waals surface area contributed by atoms with Crippen LogP contribution in [-0.4, -0.2) is 37.2 Å². The van der Waals surface area contributed by atoms with Gasteiger partial charge in [0.25, 0.3) is 6.47 Å². The smallest absolute Gasteiger partial charge is 0.408 e. The lowest BCUT2D eigenvalue weighted by atomic mass is 10.2. The normalized spacial score (nSPS) is 9.74. The molecule has 2 N–H and O–H groups in total. The summed E-state index contributed by atoms with van der Waals surface area (Å²) < 4.78 is 70.8. The van der Waals surface area contributed by atoms with E-state index in [1.807, 2.05) is 20.8 Å². The number of nitrogens with one attached hydrogen (secondary N) is 2. The molecule has 1 aromatic carbocycles. The second kappa shape index (κ2) is 18.5. The molecule has 198 valence electrons. The van der Waals surface area contributed by atoms with Crippen LogP contribution in [0.25, 0.3) is 0 Å². The molecule has 0 atom stereocenters. The molecule has 0 saturated heterocycles. The van der Waals surface area contributed by atoms with E-state index in [1.54, 1.807) is 20.8 Å². The summed E-state index contributed by atoms with van der Waals surface area (Å²) in [5.74, 6) is -12.0. The van der Waals surface area contributed by atoms with Crippen LogP contribution in [0.4, 0.5) is 26.7 Å². The van der Waals surface area contributed by atoms with E-state index in [2.05, 4.69) is 36.1 Å². The molecule has 0 unspecified atom stereocenters. The molecule has 7 nitrogen and oxygen atoms in total. The number of ether oxygens (including phenoxy) is 2. The van der Waals surface area contributed by atoms with Crippen molar-refractivity contribution in [1.29, 1.82) is 0 Å². The number of amides is 2. The number of alkyl carbamates (subject to hydrolysis) is 1. The molecule has 0 heterocycles. The third kappa shape index (κ3) is 16.7. The first-order valence-electron chi connectivity index (χ1n) is 10.4. The molecule has 0 fully saturated rings. The summed E-state index contributed by atoms with van der Waals surface area (Å²) in [5.41, 5.74) is -0.536. The Balaban J connectivity index is -0.000000459. The summed E-state index contributed by atoms with van der Waals surface area (Å²) >= 11 is 0. The third-order valence-corrected chi connectivity index (χ3v) is 2.50. The van der Waals surface area contributed by atoms with E-state index in [0.29, 0.717) is 6.54 Å². The zero-order chi connectivity index (χ0) is 27.6. The molecule has 0 aliphatic carbocycles. The summed E-state index contributed by atoms with van der Waals surface area (Å²) in [6.07, 6.45) is -0.580. The molecule has 12 heteroatoms. The van der Waals surface area contributed by atoms with Crippen LogP contribution in [0, 0.1) is 35.0 Å². The Kier molecular flexibility index (Phi) is 19.4. The molecule has 34 heavy (non-hydrogen) atoms. The fourth-order valence-electron chi connectivity index (χ4n) is 1.46. The average Bonchev–Trinajstić information content (AvgIpc) is 2.73. The lowest BCUT2D eigenvalue weighted by Gasteiger charge is -2.19. The van der Waals surface area contributed by atoms with Crippen LogP contribution in [0.5, 0.6) is 5.75 Å². The molecule has 2 amide bonds. The predicted molar refractivity (Wildman–Crippen MR) is 118 cm³/mol. The summed E-state index contributed by atoms with van der Waals surface area (Å²) in [6.45, 7) is 17.7. The second-order valence-corrected chi connectivity index (χ2v) is 7.65. The highest BCUT2D eigenvalue weighted by molar-refractivity contribution is 5.82. The van der Waals surface area contributed by atoms with Gasteiger partial charge in [-0.05, 0) is 33.6 Å². The molecule has 1 rings (SSSR count). The zero-order valence-electron chi connectivity index (χ0n) is 21.0. The minimum Gasteiger partial charge on any atom is -0.444 e. The Morgan fingerprint density at radius 1 is 0.882 bits per heavy atom. The first kappa shape index (κ1) is 35.7. The molecule has 0 aliphatic rings. The standard InChI is InChI=1S/C9H18N2O3.C7HF5O2.C4H10.C2H6/c1-5-10-7(12)6-11-8(13)14-9(2,3)4;8-2-3(9)5(11)7(14-1-13)6(12)4(2)10;1-4(2)3;1-2/h5-6H2,1-4H3,(H,10,12)(H,11,13);1H;4H,1-3H3;1-2H3. The Morgan fingerprint density at radius 3 is 1.59 bits per heavy atom. The Morgan fingerprint density at radius 2 is 1.26 bits per heavy atom. The van der Waals surface area contributed by atoms with Crippen LogP contribution in [0.2, 0.25) is 0 Å². The van der Waals surface area contributed by atoms with Crippen molar-refractivity contribution < 1.29 is 45.8 Å². The first-order valence-corrected chi connectivity index (χ1v) is 10.4. The van der Waals surface area contributed by atoms with E-state index < -0.39 is 53.0 Å². The van der Waals surface area contributed by atoms with Gasteiger partial charge in [-0.2, -0.15) is 8.78 Å². The van der Waals surface area contributed by atoms with Crippen LogP contribution < -0.4 is 15.4 Å². The zero-order valence-corrected chi connectivity index (χ0v) is 21.0. The highest BCUT2D eigenvalue weighted by Gasteiger charge is 2.26. The molecule has 0 spiro atoms. The van der Waals surface area contributed by atoms with Gasteiger partial charge in [0.05, 0.1) is 6.54 Å². The topological polar surface area (TPSA) is 93.7 Å². The second-order valence-electron chi connectivity index (χ2n) is 7.65. The Bertz CT molecular complexity index is 737. The summed E-state index contributed by atoms with van der Waals surface area (Å²) in [7, 11) is 0. The van der Waals surface area contributed by atoms with Gasteiger partial charge in [0.1, 0.15) is 5.60 Å². The number of benzene rings is 1. The van der Waals surface area contributed by atoms with Gasteiger partial charge >= 0.3 is 6.09 Å². The minimum absolute atomic E-state index is 0.0528. The van der Waals surface area contributed by atoms with Crippen molar-refractivity contribution in [3.05, 3.63) is 29.1 Å². The van der Waals surface area contributed by atoms with Gasteiger partial charge in [-0.25, -0.2) is 18.0 Å². The van der Waals surface area contributed by atoms with Crippen molar-refractivity contribution in [2.45, 2.75) is 67.9 Å². The number of halogens is 5. The lowest BCUT2D eigenvalue weighted by molar-refractivity contribution is -0.121. The van der Waals surface area contributed by atoms with E-state index in [9.17, 15) is 36.3 Å². The molecule has 0 radical (unpaired) electrons. The number of carbonyl (C=O) groups is 3. The number of carbonyl (C=O) groups excluding carboxylic acids is 3. The number of rotatable bonds is 5. The van der Waals surface area contributed by atoms with Gasteiger partial charge in [-0.1, -0.05) is 34.6 Å². The maximum absolute atomic E-state index is 12.6. The van der Waals surface area contributed by atoms with E-state index in [0.717, 1.165) is 5.92 Å².